The smallest absolute Gasteiger partial charge is 0.412 e. The first-order chi connectivity index (χ1) is 19.4. The van der Waals surface area contributed by atoms with E-state index < -0.39 is 12.2 Å². The molecule has 1 aliphatic rings. The molecule has 3 aromatic carbocycles. The number of piperidine rings is 1. The highest BCUT2D eigenvalue weighted by Gasteiger charge is 2.26. The van der Waals surface area contributed by atoms with Crippen molar-refractivity contribution in [1.82, 2.24) is 5.16 Å². The van der Waals surface area contributed by atoms with Crippen LogP contribution in [0.2, 0.25) is 0 Å². The van der Waals surface area contributed by atoms with Gasteiger partial charge in [-0.15, -0.1) is 0 Å². The topological polar surface area (TPSA) is 93.9 Å². The van der Waals surface area contributed by atoms with E-state index in [9.17, 15) is 9.59 Å². The van der Waals surface area contributed by atoms with Gasteiger partial charge in [-0.3, -0.25) is 10.1 Å². The van der Waals surface area contributed by atoms with Crippen LogP contribution in [0.4, 0.5) is 16.2 Å². The van der Waals surface area contributed by atoms with Gasteiger partial charge in [0, 0.05) is 24.3 Å². The van der Waals surface area contributed by atoms with Crippen LogP contribution in [0.25, 0.3) is 22.5 Å². The van der Waals surface area contributed by atoms with Crippen molar-refractivity contribution in [1.29, 1.82) is 0 Å². The van der Waals surface area contributed by atoms with Crippen LogP contribution >= 0.6 is 0 Å². The van der Waals surface area contributed by atoms with Gasteiger partial charge in [-0.25, -0.2) is 4.79 Å². The van der Waals surface area contributed by atoms with E-state index in [0.29, 0.717) is 23.7 Å². The fraction of sp³-hybridized carbons (Fsp3) is 0.281. The normalized spacial score (nSPS) is 15.8. The number of aryl methyl sites for hydroxylation is 1. The number of aromatic nitrogens is 1. The molecule has 0 radical (unpaired) electrons. The Hall–Kier alpha value is -4.59. The summed E-state index contributed by atoms with van der Waals surface area (Å²) in [5.41, 5.74) is 5.95. The lowest BCUT2D eigenvalue weighted by Gasteiger charge is -2.33. The molecular formula is C32H33N3O5. The Morgan fingerprint density at radius 3 is 2.30 bits per heavy atom. The summed E-state index contributed by atoms with van der Waals surface area (Å²) in [6, 6.07) is 25.8. The number of methoxy groups -OCH3 is 1. The zero-order chi connectivity index (χ0) is 28.1. The molecule has 1 aliphatic heterocycles. The quantitative estimate of drug-likeness (QED) is 0.252. The molecule has 1 amide bonds. The van der Waals surface area contributed by atoms with Crippen molar-refractivity contribution < 1.29 is 23.6 Å². The largest absolute Gasteiger partial charge is 0.469 e. The van der Waals surface area contributed by atoms with E-state index in [4.69, 9.17) is 14.0 Å². The van der Waals surface area contributed by atoms with Gasteiger partial charge in [0.15, 0.2) is 5.76 Å². The van der Waals surface area contributed by atoms with E-state index in [1.807, 2.05) is 61.5 Å². The first kappa shape index (κ1) is 27.0. The fourth-order valence-corrected chi connectivity index (χ4v) is 5.05. The van der Waals surface area contributed by atoms with Crippen LogP contribution in [0.1, 0.15) is 37.1 Å². The molecule has 40 heavy (non-hydrogen) atoms. The van der Waals surface area contributed by atoms with Crippen molar-refractivity contribution in [2.24, 2.45) is 5.92 Å². The van der Waals surface area contributed by atoms with Gasteiger partial charge >= 0.3 is 12.1 Å². The molecule has 1 saturated heterocycles. The van der Waals surface area contributed by atoms with E-state index in [2.05, 4.69) is 39.6 Å². The number of hydrogen-bond donors (Lipinski definition) is 1. The predicted molar refractivity (Wildman–Crippen MR) is 154 cm³/mol. The summed E-state index contributed by atoms with van der Waals surface area (Å²) in [5.74, 6) is 0.244. The maximum absolute atomic E-state index is 12.6. The summed E-state index contributed by atoms with van der Waals surface area (Å²) in [6.07, 6.45) is 0.848. The van der Waals surface area contributed by atoms with Gasteiger partial charge in [-0.1, -0.05) is 71.9 Å². The number of amides is 1. The number of ether oxygens (including phenoxy) is 2. The van der Waals surface area contributed by atoms with E-state index in [1.54, 1.807) is 6.92 Å². The van der Waals surface area contributed by atoms with Gasteiger partial charge < -0.3 is 18.9 Å². The maximum Gasteiger partial charge on any atom is 0.412 e. The average Bonchev–Trinajstić information content (AvgIpc) is 3.36. The predicted octanol–water partition coefficient (Wildman–Crippen LogP) is 7.02. The molecule has 5 rings (SSSR count). The Bertz CT molecular complexity index is 1450. The minimum Gasteiger partial charge on any atom is -0.469 e. The van der Waals surface area contributed by atoms with Gasteiger partial charge in [0.2, 0.25) is 0 Å². The summed E-state index contributed by atoms with van der Waals surface area (Å²) < 4.78 is 16.1. The van der Waals surface area contributed by atoms with Crippen LogP contribution in [0.5, 0.6) is 0 Å². The van der Waals surface area contributed by atoms with Crippen molar-refractivity contribution >= 4 is 23.4 Å². The minimum atomic E-state index is -0.577. The molecule has 0 unspecified atom stereocenters. The zero-order valence-corrected chi connectivity index (χ0v) is 22.9. The second kappa shape index (κ2) is 12.1. The summed E-state index contributed by atoms with van der Waals surface area (Å²) >= 11 is 0. The third-order valence-corrected chi connectivity index (χ3v) is 7.31. The first-order valence-corrected chi connectivity index (χ1v) is 13.5. The number of anilines is 2. The lowest BCUT2D eigenvalue weighted by atomic mass is 9.97. The molecule has 0 bridgehead atoms. The standard InChI is InChI=1S/C32H33N3O5/c1-21-29(33-32(37)39-22(2)23-8-5-4-6-9-23)30(40-34-21)26-13-11-24(12-14-26)25-15-17-28(18-16-25)35-19-7-10-27(20-35)31(36)38-3/h4-6,8-9,11-18,22,27H,7,10,19-20H2,1-3H3,(H,33,37)/t22-,27-/m1/s1. The number of carbonyl (C=O) groups excluding carboxylic acids is 2. The number of esters is 1. The lowest BCUT2D eigenvalue weighted by Crippen LogP contribution is -2.39. The van der Waals surface area contributed by atoms with Crippen molar-refractivity contribution in [2.45, 2.75) is 32.8 Å². The molecule has 1 fully saturated rings. The third kappa shape index (κ3) is 6.01. The van der Waals surface area contributed by atoms with Gasteiger partial charge in [0.05, 0.1) is 13.0 Å². The Balaban J connectivity index is 1.26. The number of benzene rings is 3. The van der Waals surface area contributed by atoms with E-state index in [0.717, 1.165) is 47.3 Å². The molecule has 1 aromatic heterocycles. The van der Waals surface area contributed by atoms with Gasteiger partial charge in [-0.2, -0.15) is 0 Å². The average molecular weight is 540 g/mol. The monoisotopic (exact) mass is 539 g/mol. The summed E-state index contributed by atoms with van der Waals surface area (Å²) in [5, 5.41) is 6.87. The van der Waals surface area contributed by atoms with Crippen molar-refractivity contribution in [3.05, 3.63) is 90.1 Å². The highest BCUT2D eigenvalue weighted by Crippen LogP contribution is 2.33. The van der Waals surface area contributed by atoms with E-state index >= 15 is 0 Å². The number of carbonyl (C=O) groups is 2. The van der Waals surface area contributed by atoms with Crippen molar-refractivity contribution in [3.63, 3.8) is 0 Å². The second-order valence-corrected chi connectivity index (χ2v) is 9.99. The Labute approximate surface area is 233 Å². The summed E-state index contributed by atoms with van der Waals surface area (Å²) in [4.78, 5) is 26.9. The minimum absolute atomic E-state index is 0.0841. The molecule has 2 heterocycles. The van der Waals surface area contributed by atoms with Gasteiger partial charge in [0.1, 0.15) is 17.5 Å². The lowest BCUT2D eigenvalue weighted by molar-refractivity contribution is -0.145. The van der Waals surface area contributed by atoms with Crippen LogP contribution in [0, 0.1) is 12.8 Å². The van der Waals surface area contributed by atoms with Crippen LogP contribution in [-0.4, -0.2) is 37.4 Å². The number of nitrogens with one attached hydrogen (secondary N) is 1. The van der Waals surface area contributed by atoms with Crippen LogP contribution in [0.3, 0.4) is 0 Å². The SMILES string of the molecule is COC(=O)[C@@H]1CCCN(c2ccc(-c3ccc(-c4onc(C)c4NC(=O)O[C@H](C)c4ccccc4)cc3)cc2)C1. The molecule has 206 valence electrons. The highest BCUT2D eigenvalue weighted by molar-refractivity contribution is 5.91. The number of hydrogen-bond acceptors (Lipinski definition) is 7. The molecular weight excluding hydrogens is 506 g/mol. The Morgan fingerprint density at radius 1 is 0.975 bits per heavy atom. The van der Waals surface area contributed by atoms with Crippen molar-refractivity contribution in [3.8, 4) is 22.5 Å². The van der Waals surface area contributed by atoms with Gasteiger partial charge in [0.25, 0.3) is 0 Å². The fourth-order valence-electron chi connectivity index (χ4n) is 5.05. The molecule has 8 heteroatoms. The highest BCUT2D eigenvalue weighted by atomic mass is 16.6. The summed E-state index contributed by atoms with van der Waals surface area (Å²) in [6.45, 7) is 5.20. The van der Waals surface area contributed by atoms with Gasteiger partial charge in [-0.05, 0) is 55.5 Å². The van der Waals surface area contributed by atoms with Crippen LogP contribution in [0.15, 0.2) is 83.4 Å². The van der Waals surface area contributed by atoms with Crippen LogP contribution < -0.4 is 10.2 Å². The molecule has 2 atom stereocenters. The molecule has 0 saturated carbocycles. The van der Waals surface area contributed by atoms with Crippen molar-refractivity contribution in [2.75, 3.05) is 30.4 Å². The molecule has 8 nitrogen and oxygen atoms in total. The summed E-state index contributed by atoms with van der Waals surface area (Å²) in [7, 11) is 1.45. The molecule has 1 N–H and O–H groups in total. The van der Waals surface area contributed by atoms with Crippen LogP contribution in [-0.2, 0) is 14.3 Å². The molecule has 0 aliphatic carbocycles. The third-order valence-electron chi connectivity index (χ3n) is 7.31. The number of nitrogens with zero attached hydrogens (tertiary/aromatic N) is 2. The Kier molecular flexibility index (Phi) is 8.15. The van der Waals surface area contributed by atoms with E-state index in [-0.39, 0.29) is 11.9 Å². The zero-order valence-electron chi connectivity index (χ0n) is 22.9. The maximum atomic E-state index is 12.6. The first-order valence-electron chi connectivity index (χ1n) is 13.5. The number of rotatable bonds is 7. The molecule has 0 spiro atoms. The molecule has 4 aromatic rings. The Morgan fingerprint density at radius 2 is 1.62 bits per heavy atom. The van der Waals surface area contributed by atoms with E-state index in [1.165, 1.54) is 7.11 Å². The second-order valence-electron chi connectivity index (χ2n) is 9.99.